The zero-order valence-electron chi connectivity index (χ0n) is 7.84. The number of aryl methyl sites for hydroxylation is 1. The first-order valence-corrected chi connectivity index (χ1v) is 5.71. The molecule has 0 unspecified atom stereocenters. The minimum absolute atomic E-state index is 0.349. The molecular weight excluding hydrogens is 269 g/mol. The Morgan fingerprint density at radius 1 is 1.44 bits per heavy atom. The van der Waals surface area contributed by atoms with Gasteiger partial charge in [0.2, 0.25) is 0 Å². The molecule has 0 aliphatic carbocycles. The van der Waals surface area contributed by atoms with E-state index in [1.165, 1.54) is 17.8 Å². The van der Waals surface area contributed by atoms with Gasteiger partial charge < -0.3 is 0 Å². The predicted octanol–water partition coefficient (Wildman–Crippen LogP) is 2.30. The summed E-state index contributed by atoms with van der Waals surface area (Å²) in [5.41, 5.74) is -5.32. The Hall–Kier alpha value is -1.02. The van der Waals surface area contributed by atoms with Crippen LogP contribution in [0.25, 0.3) is 0 Å². The van der Waals surface area contributed by atoms with Crippen molar-refractivity contribution in [1.82, 2.24) is 4.98 Å². The van der Waals surface area contributed by atoms with E-state index in [9.17, 15) is 21.6 Å². The van der Waals surface area contributed by atoms with Crippen LogP contribution in [-0.2, 0) is 10.0 Å². The molecule has 0 aliphatic heterocycles. The van der Waals surface area contributed by atoms with Gasteiger partial charge in [-0.3, -0.25) is 4.72 Å². The number of hydrogen-bond acceptors (Lipinski definition) is 3. The monoisotopic (exact) mass is 274 g/mol. The lowest BCUT2D eigenvalue weighted by atomic mass is 10.3. The number of nitrogens with one attached hydrogen (secondary N) is 1. The quantitative estimate of drug-likeness (QED) is 0.842. The Morgan fingerprint density at radius 3 is 2.50 bits per heavy atom. The van der Waals surface area contributed by atoms with Crippen LogP contribution in [0.2, 0.25) is 5.15 Å². The van der Waals surface area contributed by atoms with E-state index in [4.69, 9.17) is 11.6 Å². The van der Waals surface area contributed by atoms with Gasteiger partial charge in [-0.15, -0.1) is 0 Å². The average molecular weight is 275 g/mol. The zero-order valence-corrected chi connectivity index (χ0v) is 9.41. The molecule has 0 saturated carbocycles. The molecule has 1 aromatic rings. The van der Waals surface area contributed by atoms with Crippen molar-refractivity contribution in [2.75, 3.05) is 4.72 Å². The molecular formula is C7H6ClF3N2O2S. The smallest absolute Gasteiger partial charge is 0.273 e. The lowest BCUT2D eigenvalue weighted by Gasteiger charge is -2.11. The number of halogens is 4. The highest BCUT2D eigenvalue weighted by atomic mass is 35.5. The molecule has 0 amide bonds. The molecule has 0 saturated heterocycles. The van der Waals surface area contributed by atoms with E-state index in [1.807, 2.05) is 0 Å². The molecule has 4 nitrogen and oxygen atoms in total. The molecule has 0 fully saturated rings. The summed E-state index contributed by atoms with van der Waals surface area (Å²) in [4.78, 5) is 3.52. The summed E-state index contributed by atoms with van der Waals surface area (Å²) in [6.07, 6.45) is 1.30. The van der Waals surface area contributed by atoms with Crippen LogP contribution >= 0.6 is 11.6 Å². The lowest BCUT2D eigenvalue weighted by Crippen LogP contribution is -2.30. The second-order valence-electron chi connectivity index (χ2n) is 2.90. The maximum absolute atomic E-state index is 12.0. The molecule has 0 radical (unpaired) electrons. The van der Waals surface area contributed by atoms with Gasteiger partial charge in [0.05, 0.1) is 5.69 Å². The number of anilines is 1. The molecule has 16 heavy (non-hydrogen) atoms. The van der Waals surface area contributed by atoms with Crippen LogP contribution in [0.5, 0.6) is 0 Å². The summed E-state index contributed by atoms with van der Waals surface area (Å²) in [6, 6.07) is 1.15. The Kier molecular flexibility index (Phi) is 3.34. The predicted molar refractivity (Wildman–Crippen MR) is 52.6 cm³/mol. The Labute approximate surface area is 94.5 Å². The first-order chi connectivity index (χ1) is 7.13. The van der Waals surface area contributed by atoms with Gasteiger partial charge in [-0.05, 0) is 18.6 Å². The summed E-state index contributed by atoms with van der Waals surface area (Å²) < 4.78 is 59.0. The SMILES string of the molecule is Cc1cnc(Cl)c(NS(=O)(=O)C(F)(F)F)c1. The number of nitrogens with zero attached hydrogens (tertiary/aromatic N) is 1. The van der Waals surface area contributed by atoms with Crippen molar-refractivity contribution >= 4 is 27.3 Å². The Morgan fingerprint density at radius 2 is 2.00 bits per heavy atom. The molecule has 90 valence electrons. The van der Waals surface area contributed by atoms with E-state index >= 15 is 0 Å². The van der Waals surface area contributed by atoms with E-state index in [0.717, 1.165) is 6.07 Å². The standard InChI is InChI=1S/C7H6ClF3N2O2S/c1-4-2-5(6(8)12-3-4)13-16(14,15)7(9,10)11/h2-3,13H,1H3. The Balaban J connectivity index is 3.11. The van der Waals surface area contributed by atoms with Crippen molar-refractivity contribution in [3.05, 3.63) is 23.0 Å². The van der Waals surface area contributed by atoms with Gasteiger partial charge >= 0.3 is 15.5 Å². The zero-order chi connectivity index (χ0) is 12.6. The third kappa shape index (κ3) is 2.76. The first kappa shape index (κ1) is 13.0. The van der Waals surface area contributed by atoms with Gasteiger partial charge in [0.15, 0.2) is 5.15 Å². The van der Waals surface area contributed by atoms with E-state index in [1.54, 1.807) is 0 Å². The largest absolute Gasteiger partial charge is 0.516 e. The summed E-state index contributed by atoms with van der Waals surface area (Å²) >= 11 is 5.45. The number of aromatic nitrogens is 1. The molecule has 9 heteroatoms. The summed E-state index contributed by atoms with van der Waals surface area (Å²) in [6.45, 7) is 1.54. The third-order valence-electron chi connectivity index (χ3n) is 1.52. The van der Waals surface area contributed by atoms with Gasteiger partial charge in [0, 0.05) is 6.20 Å². The summed E-state index contributed by atoms with van der Waals surface area (Å²) in [7, 11) is -5.46. The van der Waals surface area contributed by atoms with Gasteiger partial charge in [-0.25, -0.2) is 4.98 Å². The van der Waals surface area contributed by atoms with Crippen molar-refractivity contribution in [2.45, 2.75) is 12.4 Å². The molecule has 0 aliphatic rings. The van der Waals surface area contributed by atoms with Crippen molar-refractivity contribution in [3.63, 3.8) is 0 Å². The minimum Gasteiger partial charge on any atom is -0.273 e. The number of sulfonamides is 1. The van der Waals surface area contributed by atoms with Crippen molar-refractivity contribution < 1.29 is 21.6 Å². The lowest BCUT2D eigenvalue weighted by molar-refractivity contribution is -0.0429. The van der Waals surface area contributed by atoms with Crippen LogP contribution in [0.1, 0.15) is 5.56 Å². The highest BCUT2D eigenvalue weighted by Gasteiger charge is 2.46. The third-order valence-corrected chi connectivity index (χ3v) is 2.92. The van der Waals surface area contributed by atoms with Crippen LogP contribution in [0.3, 0.4) is 0 Å². The van der Waals surface area contributed by atoms with Crippen molar-refractivity contribution in [2.24, 2.45) is 0 Å². The van der Waals surface area contributed by atoms with E-state index in [0.29, 0.717) is 5.56 Å². The molecule has 0 atom stereocenters. The fourth-order valence-corrected chi connectivity index (χ4v) is 1.59. The van der Waals surface area contributed by atoms with Gasteiger partial charge in [-0.2, -0.15) is 21.6 Å². The molecule has 1 N–H and O–H groups in total. The van der Waals surface area contributed by atoms with E-state index in [2.05, 4.69) is 4.98 Å². The fraction of sp³-hybridized carbons (Fsp3) is 0.286. The molecule has 0 aromatic carbocycles. The Bertz CT molecular complexity index is 501. The van der Waals surface area contributed by atoms with Crippen LogP contribution < -0.4 is 4.72 Å². The van der Waals surface area contributed by atoms with E-state index in [-0.39, 0.29) is 5.15 Å². The normalized spacial score (nSPS) is 12.6. The molecule has 0 bridgehead atoms. The van der Waals surface area contributed by atoms with Gasteiger partial charge in [0.25, 0.3) is 0 Å². The second-order valence-corrected chi connectivity index (χ2v) is 4.93. The van der Waals surface area contributed by atoms with Gasteiger partial charge in [-0.1, -0.05) is 11.6 Å². The topological polar surface area (TPSA) is 59.1 Å². The first-order valence-electron chi connectivity index (χ1n) is 3.85. The second kappa shape index (κ2) is 4.10. The van der Waals surface area contributed by atoms with Crippen LogP contribution in [-0.4, -0.2) is 18.9 Å². The molecule has 1 aromatic heterocycles. The fourth-order valence-electron chi connectivity index (χ4n) is 0.827. The number of pyridine rings is 1. The van der Waals surface area contributed by atoms with Crippen molar-refractivity contribution in [1.29, 1.82) is 0 Å². The average Bonchev–Trinajstić information content (AvgIpc) is 2.09. The van der Waals surface area contributed by atoms with Crippen LogP contribution in [0, 0.1) is 6.92 Å². The van der Waals surface area contributed by atoms with Crippen LogP contribution in [0.4, 0.5) is 18.9 Å². The summed E-state index contributed by atoms with van der Waals surface area (Å²) in [5.74, 6) is 0. The van der Waals surface area contributed by atoms with E-state index < -0.39 is 21.2 Å². The minimum atomic E-state index is -5.46. The summed E-state index contributed by atoms with van der Waals surface area (Å²) in [5, 5.41) is -0.349. The van der Waals surface area contributed by atoms with Gasteiger partial charge in [0.1, 0.15) is 0 Å². The maximum atomic E-state index is 12.0. The molecule has 1 rings (SSSR count). The number of rotatable bonds is 2. The van der Waals surface area contributed by atoms with Crippen molar-refractivity contribution in [3.8, 4) is 0 Å². The molecule has 0 spiro atoms. The number of alkyl halides is 3. The maximum Gasteiger partial charge on any atom is 0.516 e. The molecule has 1 heterocycles. The highest BCUT2D eigenvalue weighted by Crippen LogP contribution is 2.28. The number of hydrogen-bond donors (Lipinski definition) is 1. The highest BCUT2D eigenvalue weighted by molar-refractivity contribution is 7.93. The van der Waals surface area contributed by atoms with Crippen LogP contribution in [0.15, 0.2) is 12.3 Å².